The average molecular weight is 216 g/mol. The maximum Gasteiger partial charge on any atom is 0.306 e. The van der Waals surface area contributed by atoms with Crippen LogP contribution in [0.25, 0.3) is 0 Å². The number of unbranched alkanes of at least 4 members (excludes halogenated alkanes) is 3. The fourth-order valence-electron chi connectivity index (χ4n) is 1.04. The van der Waals surface area contributed by atoms with Gasteiger partial charge in [0.1, 0.15) is 6.10 Å². The van der Waals surface area contributed by atoms with Gasteiger partial charge in [-0.1, -0.05) is 26.2 Å². The summed E-state index contributed by atoms with van der Waals surface area (Å²) in [6.45, 7) is 3.14. The molecule has 0 aliphatic heterocycles. The molecule has 1 atom stereocenters. The third-order valence-electron chi connectivity index (χ3n) is 2.08. The lowest BCUT2D eigenvalue weighted by Gasteiger charge is -2.05. The van der Waals surface area contributed by atoms with Crippen molar-refractivity contribution in [2.45, 2.75) is 52.1 Å². The molecule has 4 heteroatoms. The number of ketones is 1. The van der Waals surface area contributed by atoms with E-state index in [1.54, 1.807) is 0 Å². The van der Waals surface area contributed by atoms with Crippen LogP contribution in [0.3, 0.4) is 0 Å². The molecule has 4 nitrogen and oxygen atoms in total. The number of Topliss-reactive ketones (excluding diaryl/α,β-unsaturated/α-hetero) is 1. The van der Waals surface area contributed by atoms with Crippen molar-refractivity contribution in [2.75, 3.05) is 6.61 Å². The van der Waals surface area contributed by atoms with Crippen LogP contribution in [0.4, 0.5) is 0 Å². The van der Waals surface area contributed by atoms with Crippen molar-refractivity contribution < 1.29 is 19.4 Å². The van der Waals surface area contributed by atoms with Crippen molar-refractivity contribution >= 4 is 11.8 Å². The fraction of sp³-hybridized carbons (Fsp3) is 0.818. The average Bonchev–Trinajstić information content (AvgIpc) is 2.20. The molecule has 0 aromatic heterocycles. The number of carbonyl (C=O) groups excluding carboxylic acids is 2. The van der Waals surface area contributed by atoms with Crippen LogP contribution in [-0.4, -0.2) is 29.6 Å². The van der Waals surface area contributed by atoms with Gasteiger partial charge in [-0.15, -0.1) is 0 Å². The van der Waals surface area contributed by atoms with Gasteiger partial charge in [0, 0.05) is 6.42 Å². The molecule has 15 heavy (non-hydrogen) atoms. The van der Waals surface area contributed by atoms with Gasteiger partial charge in [-0.05, 0) is 13.3 Å². The first-order valence-corrected chi connectivity index (χ1v) is 5.44. The Labute approximate surface area is 90.6 Å². The van der Waals surface area contributed by atoms with Crippen LogP contribution >= 0.6 is 0 Å². The summed E-state index contributed by atoms with van der Waals surface area (Å²) in [6, 6.07) is 0. The molecule has 0 aromatic carbocycles. The molecular weight excluding hydrogens is 196 g/mol. The number of aliphatic hydroxyl groups excluding tert-OH is 1. The summed E-state index contributed by atoms with van der Waals surface area (Å²) >= 11 is 0. The van der Waals surface area contributed by atoms with Crippen LogP contribution < -0.4 is 0 Å². The Balaban J connectivity index is 3.45. The Morgan fingerprint density at radius 2 is 1.93 bits per heavy atom. The summed E-state index contributed by atoms with van der Waals surface area (Å²) in [5.74, 6) is -0.822. The van der Waals surface area contributed by atoms with Crippen LogP contribution in [0.1, 0.15) is 46.0 Å². The van der Waals surface area contributed by atoms with Gasteiger partial charge < -0.3 is 9.84 Å². The van der Waals surface area contributed by atoms with Gasteiger partial charge >= 0.3 is 5.97 Å². The number of esters is 1. The standard InChI is InChI=1S/C11H20O4/c1-3-4-5-6-7-11(14)15-8-10(13)9(2)12/h9,12H,3-8H2,1-2H3. The van der Waals surface area contributed by atoms with Gasteiger partial charge in [0.25, 0.3) is 0 Å². The first-order chi connectivity index (χ1) is 7.07. The molecule has 0 aliphatic carbocycles. The monoisotopic (exact) mass is 216 g/mol. The van der Waals surface area contributed by atoms with Crippen LogP contribution in [0.5, 0.6) is 0 Å². The van der Waals surface area contributed by atoms with E-state index in [1.807, 2.05) is 0 Å². The quantitative estimate of drug-likeness (QED) is 0.492. The predicted molar refractivity (Wildman–Crippen MR) is 56.4 cm³/mol. The third kappa shape index (κ3) is 8.12. The van der Waals surface area contributed by atoms with E-state index in [0.29, 0.717) is 6.42 Å². The molecule has 88 valence electrons. The van der Waals surface area contributed by atoms with Crippen LogP contribution in [0.2, 0.25) is 0 Å². The van der Waals surface area contributed by atoms with E-state index in [-0.39, 0.29) is 12.6 Å². The van der Waals surface area contributed by atoms with Gasteiger partial charge in [-0.2, -0.15) is 0 Å². The molecule has 0 aliphatic rings. The zero-order chi connectivity index (χ0) is 11.7. The molecule has 0 radical (unpaired) electrons. The van der Waals surface area contributed by atoms with E-state index >= 15 is 0 Å². The first-order valence-electron chi connectivity index (χ1n) is 5.44. The number of aliphatic hydroxyl groups is 1. The summed E-state index contributed by atoms with van der Waals surface area (Å²) < 4.78 is 4.70. The molecule has 0 heterocycles. The van der Waals surface area contributed by atoms with E-state index in [9.17, 15) is 9.59 Å². The fourth-order valence-corrected chi connectivity index (χ4v) is 1.04. The molecular formula is C11H20O4. The van der Waals surface area contributed by atoms with Crippen molar-refractivity contribution in [1.82, 2.24) is 0 Å². The smallest absolute Gasteiger partial charge is 0.306 e. The molecule has 0 bridgehead atoms. The Kier molecular flexibility index (Phi) is 7.91. The highest BCUT2D eigenvalue weighted by molar-refractivity contribution is 5.85. The Morgan fingerprint density at radius 3 is 2.47 bits per heavy atom. The first kappa shape index (κ1) is 14.1. The SMILES string of the molecule is CCCCCCC(=O)OCC(=O)C(C)O. The minimum absolute atomic E-state index is 0.315. The number of hydrogen-bond acceptors (Lipinski definition) is 4. The minimum atomic E-state index is -1.06. The van der Waals surface area contributed by atoms with Crippen molar-refractivity contribution in [2.24, 2.45) is 0 Å². The lowest BCUT2D eigenvalue weighted by atomic mass is 10.1. The Hall–Kier alpha value is -0.900. The van der Waals surface area contributed by atoms with Crippen LogP contribution in [0, 0.1) is 0 Å². The Morgan fingerprint density at radius 1 is 1.27 bits per heavy atom. The van der Waals surface area contributed by atoms with E-state index in [2.05, 4.69) is 6.92 Å². The minimum Gasteiger partial charge on any atom is -0.458 e. The van der Waals surface area contributed by atoms with Gasteiger partial charge in [0.15, 0.2) is 12.4 Å². The largest absolute Gasteiger partial charge is 0.458 e. The molecule has 1 unspecified atom stereocenters. The Bertz CT molecular complexity index is 199. The topological polar surface area (TPSA) is 63.6 Å². The van der Waals surface area contributed by atoms with Crippen molar-refractivity contribution in [3.05, 3.63) is 0 Å². The van der Waals surface area contributed by atoms with E-state index in [1.165, 1.54) is 6.92 Å². The molecule has 0 rings (SSSR count). The van der Waals surface area contributed by atoms with Crippen molar-refractivity contribution in [3.8, 4) is 0 Å². The summed E-state index contributed by atoms with van der Waals surface area (Å²) in [5.41, 5.74) is 0. The summed E-state index contributed by atoms with van der Waals surface area (Å²) in [4.78, 5) is 22.0. The molecule has 0 fully saturated rings. The predicted octanol–water partition coefficient (Wildman–Crippen LogP) is 1.45. The van der Waals surface area contributed by atoms with Gasteiger partial charge in [-0.25, -0.2) is 0 Å². The molecule has 0 amide bonds. The number of hydrogen-bond donors (Lipinski definition) is 1. The second-order valence-electron chi connectivity index (χ2n) is 3.61. The molecule has 1 N–H and O–H groups in total. The van der Waals surface area contributed by atoms with Crippen LogP contribution in [-0.2, 0) is 14.3 Å². The molecule has 0 aromatic rings. The third-order valence-corrected chi connectivity index (χ3v) is 2.08. The van der Waals surface area contributed by atoms with Gasteiger partial charge in [0.05, 0.1) is 0 Å². The van der Waals surface area contributed by atoms with Crippen molar-refractivity contribution in [3.63, 3.8) is 0 Å². The maximum atomic E-state index is 11.1. The second kappa shape index (κ2) is 8.41. The van der Waals surface area contributed by atoms with E-state index in [0.717, 1.165) is 25.7 Å². The number of carbonyl (C=O) groups is 2. The van der Waals surface area contributed by atoms with Crippen LogP contribution in [0.15, 0.2) is 0 Å². The zero-order valence-electron chi connectivity index (χ0n) is 9.49. The van der Waals surface area contributed by atoms with Gasteiger partial charge in [-0.3, -0.25) is 9.59 Å². The normalized spacial score (nSPS) is 12.2. The molecule has 0 saturated heterocycles. The summed E-state index contributed by atoms with van der Waals surface area (Å²) in [7, 11) is 0. The lowest BCUT2D eigenvalue weighted by Crippen LogP contribution is -2.23. The zero-order valence-corrected chi connectivity index (χ0v) is 9.49. The highest BCUT2D eigenvalue weighted by Crippen LogP contribution is 2.03. The highest BCUT2D eigenvalue weighted by Gasteiger charge is 2.11. The molecule has 0 saturated carbocycles. The number of ether oxygens (including phenoxy) is 1. The summed E-state index contributed by atoms with van der Waals surface area (Å²) in [6.07, 6.45) is 3.34. The van der Waals surface area contributed by atoms with E-state index < -0.39 is 11.9 Å². The lowest BCUT2D eigenvalue weighted by molar-refractivity contribution is -0.150. The molecule has 0 spiro atoms. The van der Waals surface area contributed by atoms with Crippen molar-refractivity contribution in [1.29, 1.82) is 0 Å². The maximum absolute atomic E-state index is 11.1. The number of rotatable bonds is 8. The van der Waals surface area contributed by atoms with Gasteiger partial charge in [0.2, 0.25) is 0 Å². The highest BCUT2D eigenvalue weighted by atomic mass is 16.5. The van der Waals surface area contributed by atoms with E-state index in [4.69, 9.17) is 9.84 Å². The summed E-state index contributed by atoms with van der Waals surface area (Å²) in [5, 5.41) is 8.84. The second-order valence-corrected chi connectivity index (χ2v) is 3.61.